The van der Waals surface area contributed by atoms with Gasteiger partial charge in [-0.2, -0.15) is 4.31 Å². The molecular weight excluding hydrogens is 368 g/mol. The van der Waals surface area contributed by atoms with Crippen LogP contribution in [0.2, 0.25) is 0 Å². The predicted octanol–water partition coefficient (Wildman–Crippen LogP) is 0.866. The zero-order valence-corrected chi connectivity index (χ0v) is 16.9. The van der Waals surface area contributed by atoms with Gasteiger partial charge in [-0.15, -0.1) is 0 Å². The van der Waals surface area contributed by atoms with Crippen LogP contribution in [0, 0.1) is 0 Å². The van der Waals surface area contributed by atoms with Crippen LogP contribution < -0.4 is 10.6 Å². The molecule has 2 amide bonds. The van der Waals surface area contributed by atoms with Gasteiger partial charge in [-0.1, -0.05) is 6.92 Å². The summed E-state index contributed by atoms with van der Waals surface area (Å²) in [6, 6.07) is 6.01. The van der Waals surface area contributed by atoms with Gasteiger partial charge in [0.15, 0.2) is 0 Å². The number of hydrogen-bond acceptors (Lipinski definition) is 5. The lowest BCUT2D eigenvalue weighted by molar-refractivity contribution is -0.133. The number of benzene rings is 1. The highest BCUT2D eigenvalue weighted by Crippen LogP contribution is 2.18. The third-order valence-electron chi connectivity index (χ3n) is 4.50. The van der Waals surface area contributed by atoms with E-state index in [1.165, 1.54) is 38.2 Å². The van der Waals surface area contributed by atoms with E-state index < -0.39 is 10.0 Å². The number of amides is 2. The monoisotopic (exact) mass is 396 g/mol. The molecule has 8 nitrogen and oxygen atoms in total. The first-order chi connectivity index (χ1) is 12.8. The van der Waals surface area contributed by atoms with Crippen LogP contribution in [0.3, 0.4) is 0 Å². The van der Waals surface area contributed by atoms with Gasteiger partial charge in [0.1, 0.15) is 0 Å². The molecule has 0 saturated carbocycles. The summed E-state index contributed by atoms with van der Waals surface area (Å²) in [5, 5.41) is 5.83. The fourth-order valence-corrected chi connectivity index (χ4v) is 4.24. The van der Waals surface area contributed by atoms with Crippen LogP contribution in [0.5, 0.6) is 0 Å². The summed E-state index contributed by atoms with van der Waals surface area (Å²) in [5.74, 6) is -0.419. The van der Waals surface area contributed by atoms with Crippen LogP contribution in [0.1, 0.15) is 26.7 Å². The van der Waals surface area contributed by atoms with Crippen molar-refractivity contribution in [3.05, 3.63) is 24.3 Å². The van der Waals surface area contributed by atoms with E-state index in [4.69, 9.17) is 0 Å². The summed E-state index contributed by atoms with van der Waals surface area (Å²) in [5.41, 5.74) is 0.517. The summed E-state index contributed by atoms with van der Waals surface area (Å²) in [6.45, 7) is 5.40. The highest BCUT2D eigenvalue weighted by Gasteiger charge is 2.29. The molecule has 0 bridgehead atoms. The molecule has 2 N–H and O–H groups in total. The quantitative estimate of drug-likeness (QED) is 0.679. The Morgan fingerprint density at radius 3 is 2.44 bits per heavy atom. The molecule has 1 aromatic rings. The largest absolute Gasteiger partial charge is 0.337 e. The smallest absolute Gasteiger partial charge is 0.243 e. The van der Waals surface area contributed by atoms with E-state index in [1.54, 1.807) is 4.90 Å². The zero-order chi connectivity index (χ0) is 20.0. The number of anilines is 1. The first-order valence-electron chi connectivity index (χ1n) is 9.10. The van der Waals surface area contributed by atoms with E-state index in [1.807, 2.05) is 6.92 Å². The number of likely N-dealkylation sites (N-methyl/N-ethyl adjacent to an activating group) is 1. The number of sulfonamides is 1. The maximum absolute atomic E-state index is 12.8. The van der Waals surface area contributed by atoms with Crippen molar-refractivity contribution in [3.8, 4) is 0 Å². The van der Waals surface area contributed by atoms with Crippen LogP contribution in [0.25, 0.3) is 0 Å². The molecule has 150 valence electrons. The number of carbonyl (C=O) groups is 2. The van der Waals surface area contributed by atoms with E-state index in [0.717, 1.165) is 30.2 Å². The molecule has 0 radical (unpaired) electrons. The van der Waals surface area contributed by atoms with Gasteiger partial charge < -0.3 is 15.5 Å². The minimum Gasteiger partial charge on any atom is -0.337 e. The molecule has 1 aliphatic rings. The SMILES string of the molecule is CCCN(C(=O)CN(C)S(=O)(=O)c1ccc(NC(C)=O)cc1)C1CCNC1. The zero-order valence-electron chi connectivity index (χ0n) is 16.1. The molecule has 1 unspecified atom stereocenters. The summed E-state index contributed by atoms with van der Waals surface area (Å²) < 4.78 is 26.6. The first-order valence-corrected chi connectivity index (χ1v) is 10.5. The Morgan fingerprint density at radius 1 is 1.26 bits per heavy atom. The van der Waals surface area contributed by atoms with Gasteiger partial charge in [-0.3, -0.25) is 9.59 Å². The van der Waals surface area contributed by atoms with Gasteiger partial charge in [-0.25, -0.2) is 8.42 Å². The molecule has 1 aromatic carbocycles. The Hall–Kier alpha value is -1.97. The summed E-state index contributed by atoms with van der Waals surface area (Å²) >= 11 is 0. The number of rotatable bonds is 8. The van der Waals surface area contributed by atoms with Crippen LogP contribution in [-0.2, 0) is 19.6 Å². The maximum atomic E-state index is 12.8. The van der Waals surface area contributed by atoms with Crippen molar-refractivity contribution in [2.24, 2.45) is 0 Å². The van der Waals surface area contributed by atoms with Gasteiger partial charge in [0, 0.05) is 38.8 Å². The third kappa shape index (κ3) is 5.50. The Balaban J connectivity index is 2.08. The van der Waals surface area contributed by atoms with Gasteiger partial charge in [0.05, 0.1) is 11.4 Å². The van der Waals surface area contributed by atoms with Crippen LogP contribution >= 0.6 is 0 Å². The molecule has 2 rings (SSSR count). The van der Waals surface area contributed by atoms with Crippen LogP contribution in [0.15, 0.2) is 29.2 Å². The lowest BCUT2D eigenvalue weighted by Gasteiger charge is -2.30. The minimum atomic E-state index is -3.79. The van der Waals surface area contributed by atoms with E-state index in [9.17, 15) is 18.0 Å². The minimum absolute atomic E-state index is 0.0801. The fourth-order valence-electron chi connectivity index (χ4n) is 3.12. The average Bonchev–Trinajstić information content (AvgIpc) is 3.13. The van der Waals surface area contributed by atoms with Crippen molar-refractivity contribution < 1.29 is 18.0 Å². The third-order valence-corrected chi connectivity index (χ3v) is 6.32. The Labute approximate surface area is 161 Å². The molecule has 1 saturated heterocycles. The highest BCUT2D eigenvalue weighted by molar-refractivity contribution is 7.89. The van der Waals surface area contributed by atoms with Gasteiger partial charge in [-0.05, 0) is 43.7 Å². The van der Waals surface area contributed by atoms with E-state index in [0.29, 0.717) is 12.2 Å². The molecular formula is C18H28N4O4S. The number of hydrogen-bond donors (Lipinski definition) is 2. The van der Waals surface area contributed by atoms with Gasteiger partial charge >= 0.3 is 0 Å². The standard InChI is InChI=1S/C18H28N4O4S/c1-4-11-22(16-9-10-19-12-16)18(24)13-21(3)27(25,26)17-7-5-15(6-8-17)20-14(2)23/h5-8,16,19H,4,9-13H2,1-3H3,(H,20,23). The second-order valence-electron chi connectivity index (χ2n) is 6.70. The van der Waals surface area contributed by atoms with E-state index in [-0.39, 0.29) is 29.3 Å². The molecule has 27 heavy (non-hydrogen) atoms. The van der Waals surface area contributed by atoms with Gasteiger partial charge in [0.2, 0.25) is 21.8 Å². The molecule has 0 aromatic heterocycles. The molecule has 1 atom stereocenters. The number of nitrogens with zero attached hydrogens (tertiary/aromatic N) is 2. The lowest BCUT2D eigenvalue weighted by Crippen LogP contribution is -2.47. The maximum Gasteiger partial charge on any atom is 0.243 e. The van der Waals surface area contributed by atoms with Crippen molar-refractivity contribution in [2.45, 2.75) is 37.6 Å². The number of nitrogens with one attached hydrogen (secondary N) is 2. The second kappa shape index (κ2) is 9.29. The van der Waals surface area contributed by atoms with Crippen LogP contribution in [-0.4, -0.2) is 68.7 Å². The lowest BCUT2D eigenvalue weighted by atomic mass is 10.2. The van der Waals surface area contributed by atoms with Gasteiger partial charge in [0.25, 0.3) is 0 Å². The molecule has 0 aliphatic carbocycles. The van der Waals surface area contributed by atoms with Crippen molar-refractivity contribution >= 4 is 27.5 Å². The first kappa shape index (κ1) is 21.3. The predicted molar refractivity (Wildman–Crippen MR) is 104 cm³/mol. The van der Waals surface area contributed by atoms with Crippen molar-refractivity contribution in [1.82, 2.24) is 14.5 Å². The molecule has 1 fully saturated rings. The molecule has 1 aliphatic heterocycles. The topological polar surface area (TPSA) is 98.8 Å². The van der Waals surface area contributed by atoms with Crippen molar-refractivity contribution in [2.75, 3.05) is 38.5 Å². The summed E-state index contributed by atoms with van der Waals surface area (Å²) in [7, 11) is -2.39. The van der Waals surface area contributed by atoms with Crippen LogP contribution in [0.4, 0.5) is 5.69 Å². The Bertz CT molecular complexity index is 758. The Morgan fingerprint density at radius 2 is 1.93 bits per heavy atom. The second-order valence-corrected chi connectivity index (χ2v) is 8.75. The normalized spacial score (nSPS) is 17.1. The molecule has 0 spiro atoms. The van der Waals surface area contributed by atoms with Crippen molar-refractivity contribution in [3.63, 3.8) is 0 Å². The average molecular weight is 397 g/mol. The summed E-state index contributed by atoms with van der Waals surface area (Å²) in [6.07, 6.45) is 1.70. The highest BCUT2D eigenvalue weighted by atomic mass is 32.2. The van der Waals surface area contributed by atoms with E-state index >= 15 is 0 Å². The molecule has 9 heteroatoms. The van der Waals surface area contributed by atoms with Crippen molar-refractivity contribution in [1.29, 1.82) is 0 Å². The fraction of sp³-hybridized carbons (Fsp3) is 0.556. The summed E-state index contributed by atoms with van der Waals surface area (Å²) in [4.78, 5) is 25.7. The van der Waals surface area contributed by atoms with E-state index in [2.05, 4.69) is 10.6 Å². The Kier molecular flexibility index (Phi) is 7.34. The number of carbonyl (C=O) groups excluding carboxylic acids is 2. The molecule has 1 heterocycles.